The maximum atomic E-state index is 12.9. The minimum absolute atomic E-state index is 0.0148. The number of hydrogen-bond donors (Lipinski definition) is 2. The van der Waals surface area contributed by atoms with Gasteiger partial charge >= 0.3 is 7.60 Å². The summed E-state index contributed by atoms with van der Waals surface area (Å²) in [4.78, 5) is 0. The zero-order valence-corrected chi connectivity index (χ0v) is 14.5. The summed E-state index contributed by atoms with van der Waals surface area (Å²) in [5.74, 6) is 0.0931. The molecule has 0 radical (unpaired) electrons. The zero-order valence-electron chi connectivity index (χ0n) is 13.6. The van der Waals surface area contributed by atoms with Crippen LogP contribution in [0.4, 0.5) is 5.69 Å². The van der Waals surface area contributed by atoms with Crippen LogP contribution >= 0.6 is 7.60 Å². The van der Waals surface area contributed by atoms with Crippen molar-refractivity contribution in [2.75, 3.05) is 11.6 Å². The van der Waals surface area contributed by atoms with Gasteiger partial charge in [-0.2, -0.15) is 0 Å². The summed E-state index contributed by atoms with van der Waals surface area (Å²) in [5, 5.41) is 12.7. The van der Waals surface area contributed by atoms with E-state index in [0.29, 0.717) is 5.69 Å². The van der Waals surface area contributed by atoms with Gasteiger partial charge in [0.05, 0.1) is 16.9 Å². The standard InChI is InChI=1S/C15H26NO4P/c1-14(2,3)19-21(18,20-15(4,5)6)11-16-12-9-7-8-10-13(12)17/h7-10,16-17H,11H2,1-6H3. The molecule has 120 valence electrons. The summed E-state index contributed by atoms with van der Waals surface area (Å²) in [7, 11) is -3.37. The summed E-state index contributed by atoms with van der Waals surface area (Å²) in [5.41, 5.74) is -0.699. The van der Waals surface area contributed by atoms with Crippen LogP contribution in [0.5, 0.6) is 5.75 Å². The van der Waals surface area contributed by atoms with Crippen molar-refractivity contribution in [3.05, 3.63) is 24.3 Å². The van der Waals surface area contributed by atoms with Gasteiger partial charge in [-0.1, -0.05) is 12.1 Å². The van der Waals surface area contributed by atoms with Crippen molar-refractivity contribution in [1.82, 2.24) is 0 Å². The molecule has 21 heavy (non-hydrogen) atoms. The van der Waals surface area contributed by atoms with Crippen molar-refractivity contribution in [1.29, 1.82) is 0 Å². The van der Waals surface area contributed by atoms with Gasteiger partial charge in [0.2, 0.25) is 0 Å². The quantitative estimate of drug-likeness (QED) is 0.614. The van der Waals surface area contributed by atoms with Crippen LogP contribution in [-0.4, -0.2) is 22.6 Å². The van der Waals surface area contributed by atoms with E-state index in [1.165, 1.54) is 0 Å². The summed E-state index contributed by atoms with van der Waals surface area (Å²) < 4.78 is 24.2. The number of phenolic OH excluding ortho intramolecular Hbond substituents is 1. The van der Waals surface area contributed by atoms with E-state index in [-0.39, 0.29) is 12.0 Å². The number of rotatable bonds is 5. The van der Waals surface area contributed by atoms with Crippen LogP contribution in [0.3, 0.4) is 0 Å². The predicted octanol–water partition coefficient (Wildman–Crippen LogP) is 4.58. The van der Waals surface area contributed by atoms with E-state index >= 15 is 0 Å². The second-order valence-electron chi connectivity index (χ2n) is 6.87. The summed E-state index contributed by atoms with van der Waals surface area (Å²) in [6.07, 6.45) is -0.0148. The number of benzene rings is 1. The first-order valence-electron chi connectivity index (χ1n) is 6.93. The first-order valence-corrected chi connectivity index (χ1v) is 8.65. The van der Waals surface area contributed by atoms with Crippen LogP contribution in [0.1, 0.15) is 41.5 Å². The molecule has 0 fully saturated rings. The first kappa shape index (κ1) is 18.0. The second kappa shape index (κ2) is 6.39. The molecular weight excluding hydrogens is 289 g/mol. The third kappa shape index (κ3) is 6.98. The number of hydrogen-bond acceptors (Lipinski definition) is 5. The van der Waals surface area contributed by atoms with E-state index in [0.717, 1.165) is 0 Å². The molecule has 1 aromatic rings. The Balaban J connectivity index is 2.88. The highest BCUT2D eigenvalue weighted by molar-refractivity contribution is 7.54. The lowest BCUT2D eigenvalue weighted by molar-refractivity contribution is 0.0500. The van der Waals surface area contributed by atoms with E-state index in [1.807, 2.05) is 41.5 Å². The van der Waals surface area contributed by atoms with Crippen molar-refractivity contribution in [2.24, 2.45) is 0 Å². The van der Waals surface area contributed by atoms with Crippen LogP contribution in [0, 0.1) is 0 Å². The predicted molar refractivity (Wildman–Crippen MR) is 85.9 cm³/mol. The Morgan fingerprint density at radius 2 is 1.52 bits per heavy atom. The van der Waals surface area contributed by atoms with Gasteiger partial charge in [-0.15, -0.1) is 0 Å². The highest BCUT2D eigenvalue weighted by atomic mass is 31.2. The van der Waals surface area contributed by atoms with Crippen LogP contribution in [0.2, 0.25) is 0 Å². The molecule has 0 atom stereocenters. The lowest BCUT2D eigenvalue weighted by atomic mass is 10.2. The van der Waals surface area contributed by atoms with Crippen LogP contribution in [-0.2, 0) is 13.6 Å². The average molecular weight is 315 g/mol. The Kier molecular flexibility index (Phi) is 5.48. The molecule has 2 N–H and O–H groups in total. The minimum Gasteiger partial charge on any atom is -0.506 e. The Labute approximate surface area is 127 Å². The molecule has 1 aromatic carbocycles. The van der Waals surface area contributed by atoms with Crippen molar-refractivity contribution in [3.63, 3.8) is 0 Å². The molecule has 0 aromatic heterocycles. The number of para-hydroxylation sites is 2. The molecular formula is C15H26NO4P. The highest BCUT2D eigenvalue weighted by Gasteiger charge is 2.35. The number of nitrogens with one attached hydrogen (secondary N) is 1. The van der Waals surface area contributed by atoms with Gasteiger partial charge in [0.25, 0.3) is 0 Å². The Hall–Kier alpha value is -1.03. The molecule has 0 aliphatic rings. The molecule has 0 bridgehead atoms. The lowest BCUT2D eigenvalue weighted by Gasteiger charge is -2.32. The Morgan fingerprint density at radius 3 is 1.95 bits per heavy atom. The number of aromatic hydroxyl groups is 1. The van der Waals surface area contributed by atoms with Gasteiger partial charge < -0.3 is 19.5 Å². The van der Waals surface area contributed by atoms with E-state index in [1.54, 1.807) is 24.3 Å². The van der Waals surface area contributed by atoms with E-state index < -0.39 is 18.8 Å². The normalized spacial score (nSPS) is 13.2. The summed E-state index contributed by atoms with van der Waals surface area (Å²) >= 11 is 0. The fraction of sp³-hybridized carbons (Fsp3) is 0.600. The molecule has 0 heterocycles. The molecule has 0 amide bonds. The maximum absolute atomic E-state index is 12.9. The molecule has 0 aliphatic carbocycles. The summed E-state index contributed by atoms with van der Waals surface area (Å²) in [6.45, 7) is 11.0. The van der Waals surface area contributed by atoms with E-state index in [2.05, 4.69) is 5.32 Å². The fourth-order valence-corrected chi connectivity index (χ4v) is 3.92. The zero-order chi connectivity index (χ0) is 16.3. The SMILES string of the molecule is CC(C)(C)OP(=O)(CNc1ccccc1O)OC(C)(C)C. The second-order valence-corrected chi connectivity index (χ2v) is 8.77. The third-order valence-corrected chi connectivity index (χ3v) is 4.39. The van der Waals surface area contributed by atoms with Crippen LogP contribution in [0.25, 0.3) is 0 Å². The van der Waals surface area contributed by atoms with Crippen LogP contribution in [0.15, 0.2) is 24.3 Å². The van der Waals surface area contributed by atoms with E-state index in [4.69, 9.17) is 9.05 Å². The number of phenols is 1. The summed E-state index contributed by atoms with van der Waals surface area (Å²) in [6, 6.07) is 6.76. The Morgan fingerprint density at radius 1 is 1.05 bits per heavy atom. The Bertz CT molecular complexity index is 497. The van der Waals surface area contributed by atoms with Gasteiger partial charge in [-0.3, -0.25) is 4.57 Å². The molecule has 0 unspecified atom stereocenters. The van der Waals surface area contributed by atoms with Crippen molar-refractivity contribution in [3.8, 4) is 5.75 Å². The van der Waals surface area contributed by atoms with Gasteiger partial charge in [-0.25, -0.2) is 0 Å². The number of anilines is 1. The largest absolute Gasteiger partial charge is 0.506 e. The minimum atomic E-state index is -3.37. The molecule has 5 nitrogen and oxygen atoms in total. The first-order chi connectivity index (χ1) is 9.40. The molecule has 6 heteroatoms. The fourth-order valence-electron chi connectivity index (χ4n) is 1.72. The monoisotopic (exact) mass is 315 g/mol. The van der Waals surface area contributed by atoms with Gasteiger partial charge in [0, 0.05) is 0 Å². The molecule has 0 spiro atoms. The van der Waals surface area contributed by atoms with Crippen molar-refractivity contribution in [2.45, 2.75) is 52.7 Å². The van der Waals surface area contributed by atoms with Gasteiger partial charge in [-0.05, 0) is 53.7 Å². The van der Waals surface area contributed by atoms with Gasteiger partial charge in [0.15, 0.2) is 0 Å². The van der Waals surface area contributed by atoms with E-state index in [9.17, 15) is 9.67 Å². The smallest absolute Gasteiger partial charge is 0.350 e. The average Bonchev–Trinajstić information content (AvgIpc) is 2.22. The molecule has 0 saturated carbocycles. The van der Waals surface area contributed by atoms with Crippen LogP contribution < -0.4 is 5.32 Å². The molecule has 0 aliphatic heterocycles. The maximum Gasteiger partial charge on any atom is 0.350 e. The van der Waals surface area contributed by atoms with Crippen molar-refractivity contribution >= 4 is 13.3 Å². The lowest BCUT2D eigenvalue weighted by Crippen LogP contribution is -2.26. The molecule has 0 saturated heterocycles. The highest BCUT2D eigenvalue weighted by Crippen LogP contribution is 2.54. The van der Waals surface area contributed by atoms with Crippen molar-refractivity contribution < 1.29 is 18.7 Å². The van der Waals surface area contributed by atoms with Gasteiger partial charge in [0.1, 0.15) is 12.0 Å². The molecule has 1 rings (SSSR count). The third-order valence-electron chi connectivity index (χ3n) is 2.19. The topological polar surface area (TPSA) is 67.8 Å².